The largest absolute Gasteiger partial charge is 0.490 e. The fourth-order valence-electron chi connectivity index (χ4n) is 3.11. The van der Waals surface area contributed by atoms with E-state index in [-0.39, 0.29) is 11.5 Å². The van der Waals surface area contributed by atoms with Crippen molar-refractivity contribution in [2.24, 2.45) is 0 Å². The number of carbonyl (C=O) groups is 1. The van der Waals surface area contributed by atoms with Gasteiger partial charge in [0, 0.05) is 17.6 Å². The minimum Gasteiger partial charge on any atom is -0.490 e. The topological polar surface area (TPSA) is 38.8 Å². The average molecular weight is 422 g/mol. The van der Waals surface area contributed by atoms with Crippen molar-refractivity contribution in [3.8, 4) is 11.5 Å². The monoisotopic (exact) mass is 421 g/mol. The Bertz CT molecular complexity index is 825. The second-order valence-corrected chi connectivity index (χ2v) is 6.95. The molecule has 3 rings (SSSR count). The van der Waals surface area contributed by atoms with Crippen LogP contribution in [0.3, 0.4) is 0 Å². The quantitative estimate of drug-likeness (QED) is 0.708. The van der Waals surface area contributed by atoms with Crippen LogP contribution in [0.5, 0.6) is 11.5 Å². The average Bonchev–Trinajstić information content (AvgIpc) is 2.63. The molecule has 6 heteroatoms. The molecule has 138 valence electrons. The number of benzene rings is 2. The van der Waals surface area contributed by atoms with E-state index in [0.29, 0.717) is 42.9 Å². The molecule has 0 fully saturated rings. The summed E-state index contributed by atoms with van der Waals surface area (Å²) in [4.78, 5) is 14.4. The van der Waals surface area contributed by atoms with Crippen molar-refractivity contribution in [3.63, 3.8) is 0 Å². The highest BCUT2D eigenvalue weighted by Crippen LogP contribution is 2.34. The van der Waals surface area contributed by atoms with E-state index in [1.807, 2.05) is 26.0 Å². The molecule has 0 N–H and O–H groups in total. The van der Waals surface area contributed by atoms with Gasteiger partial charge in [-0.15, -0.1) is 0 Å². The van der Waals surface area contributed by atoms with E-state index in [1.54, 1.807) is 11.0 Å². The Hall–Kier alpha value is -2.08. The summed E-state index contributed by atoms with van der Waals surface area (Å²) in [6, 6.07) is 8.33. The molecule has 26 heavy (non-hydrogen) atoms. The molecule has 0 aromatic heterocycles. The fourth-order valence-corrected chi connectivity index (χ4v) is 3.47. The lowest BCUT2D eigenvalue weighted by Crippen LogP contribution is -2.36. The van der Waals surface area contributed by atoms with Crippen LogP contribution < -0.4 is 9.47 Å². The molecule has 0 aliphatic carbocycles. The number of hydrogen-bond acceptors (Lipinski definition) is 3. The third-order valence-electron chi connectivity index (χ3n) is 4.32. The Morgan fingerprint density at radius 2 is 1.77 bits per heavy atom. The number of hydrogen-bond donors (Lipinski definition) is 0. The van der Waals surface area contributed by atoms with Crippen LogP contribution in [0, 0.1) is 5.82 Å². The molecule has 1 amide bonds. The lowest BCUT2D eigenvalue weighted by atomic mass is 9.98. The molecule has 2 aromatic rings. The minimum absolute atomic E-state index is 0.0822. The predicted octanol–water partition coefficient (Wildman–Crippen LogP) is 4.58. The summed E-state index contributed by atoms with van der Waals surface area (Å²) in [5.41, 5.74) is 2.22. The lowest BCUT2D eigenvalue weighted by Gasteiger charge is -2.30. The number of halogens is 2. The Labute approximate surface area is 161 Å². The van der Waals surface area contributed by atoms with Crippen LogP contribution in [0.4, 0.5) is 4.39 Å². The van der Waals surface area contributed by atoms with Gasteiger partial charge in [0.05, 0.1) is 18.8 Å². The highest BCUT2D eigenvalue weighted by Gasteiger charge is 2.25. The van der Waals surface area contributed by atoms with Gasteiger partial charge in [-0.05, 0) is 61.7 Å². The van der Waals surface area contributed by atoms with Gasteiger partial charge in [-0.2, -0.15) is 0 Å². The van der Waals surface area contributed by atoms with Gasteiger partial charge < -0.3 is 14.4 Å². The molecule has 0 saturated heterocycles. The molecule has 4 nitrogen and oxygen atoms in total. The van der Waals surface area contributed by atoms with E-state index >= 15 is 0 Å². The number of amides is 1. The van der Waals surface area contributed by atoms with E-state index in [1.165, 1.54) is 12.1 Å². The van der Waals surface area contributed by atoms with Crippen LogP contribution in [-0.4, -0.2) is 30.6 Å². The third kappa shape index (κ3) is 3.85. The third-order valence-corrected chi connectivity index (χ3v) is 4.82. The Balaban J connectivity index is 1.87. The fraction of sp³-hybridized carbons (Fsp3) is 0.350. The minimum atomic E-state index is -0.509. The van der Waals surface area contributed by atoms with Crippen LogP contribution in [-0.2, 0) is 13.0 Å². The molecule has 0 unspecified atom stereocenters. The summed E-state index contributed by atoms with van der Waals surface area (Å²) in [5, 5.41) is 0. The molecule has 0 radical (unpaired) electrons. The molecule has 1 aliphatic rings. The summed E-state index contributed by atoms with van der Waals surface area (Å²) in [6.07, 6.45) is 0.698. The first-order chi connectivity index (χ1) is 12.5. The van der Waals surface area contributed by atoms with Crippen molar-refractivity contribution in [1.82, 2.24) is 4.90 Å². The van der Waals surface area contributed by atoms with Crippen LogP contribution in [0.15, 0.2) is 34.8 Å². The summed E-state index contributed by atoms with van der Waals surface area (Å²) in [6.45, 7) is 5.91. The second-order valence-electron chi connectivity index (χ2n) is 6.03. The van der Waals surface area contributed by atoms with Gasteiger partial charge >= 0.3 is 0 Å². The van der Waals surface area contributed by atoms with Gasteiger partial charge in [-0.1, -0.05) is 15.9 Å². The maximum Gasteiger partial charge on any atom is 0.257 e. The standard InChI is InChI=1S/C20H21BrFNO3/c1-3-25-18-9-13-7-8-23(12-14(13)10-19(18)26-4-2)20(24)16-11-15(21)5-6-17(16)22/h5-6,9-11H,3-4,7-8,12H2,1-2H3. The SMILES string of the molecule is CCOc1cc2c(cc1OCC)CN(C(=O)c1cc(Br)ccc1F)CC2. The highest BCUT2D eigenvalue weighted by molar-refractivity contribution is 9.10. The summed E-state index contributed by atoms with van der Waals surface area (Å²) in [7, 11) is 0. The first-order valence-corrected chi connectivity index (χ1v) is 9.48. The van der Waals surface area contributed by atoms with Gasteiger partial charge in [-0.25, -0.2) is 4.39 Å². The first kappa shape index (κ1) is 18.7. The van der Waals surface area contributed by atoms with Crippen LogP contribution in [0.2, 0.25) is 0 Å². The predicted molar refractivity (Wildman–Crippen MR) is 101 cm³/mol. The van der Waals surface area contributed by atoms with Crippen LogP contribution in [0.25, 0.3) is 0 Å². The number of fused-ring (bicyclic) bond motifs is 1. The number of rotatable bonds is 5. The van der Waals surface area contributed by atoms with Gasteiger partial charge in [0.25, 0.3) is 5.91 Å². The molecular formula is C20H21BrFNO3. The van der Waals surface area contributed by atoms with E-state index in [9.17, 15) is 9.18 Å². The molecule has 1 aliphatic heterocycles. The Kier molecular flexibility index (Phi) is 5.81. The molecule has 2 aromatic carbocycles. The summed E-state index contributed by atoms with van der Waals surface area (Å²) >= 11 is 3.30. The van der Waals surface area contributed by atoms with Crippen molar-refractivity contribution in [3.05, 3.63) is 57.3 Å². The van der Waals surface area contributed by atoms with Gasteiger partial charge in [0.2, 0.25) is 0 Å². The Morgan fingerprint density at radius 1 is 1.12 bits per heavy atom. The lowest BCUT2D eigenvalue weighted by molar-refractivity contribution is 0.0729. The van der Waals surface area contributed by atoms with Gasteiger partial charge in [0.15, 0.2) is 11.5 Å². The molecule has 0 spiro atoms. The van der Waals surface area contributed by atoms with E-state index in [0.717, 1.165) is 16.9 Å². The van der Waals surface area contributed by atoms with E-state index < -0.39 is 5.82 Å². The van der Waals surface area contributed by atoms with Crippen molar-refractivity contribution < 1.29 is 18.7 Å². The van der Waals surface area contributed by atoms with Gasteiger partial charge in [-0.3, -0.25) is 4.79 Å². The van der Waals surface area contributed by atoms with Crippen LogP contribution >= 0.6 is 15.9 Å². The Morgan fingerprint density at radius 3 is 2.42 bits per heavy atom. The van der Waals surface area contributed by atoms with Gasteiger partial charge in [0.1, 0.15) is 5.82 Å². The van der Waals surface area contributed by atoms with E-state index in [2.05, 4.69) is 15.9 Å². The summed E-state index contributed by atoms with van der Waals surface area (Å²) in [5.74, 6) is 0.592. The summed E-state index contributed by atoms with van der Waals surface area (Å²) < 4.78 is 26.1. The highest BCUT2D eigenvalue weighted by atomic mass is 79.9. The van der Waals surface area contributed by atoms with Crippen molar-refractivity contribution in [2.75, 3.05) is 19.8 Å². The maximum atomic E-state index is 14.1. The molecule has 0 atom stereocenters. The number of nitrogens with zero attached hydrogens (tertiary/aromatic N) is 1. The van der Waals surface area contributed by atoms with Crippen molar-refractivity contribution in [1.29, 1.82) is 0 Å². The zero-order valence-corrected chi connectivity index (χ0v) is 16.4. The van der Waals surface area contributed by atoms with Crippen LogP contribution in [0.1, 0.15) is 35.3 Å². The number of carbonyl (C=O) groups excluding carboxylic acids is 1. The molecule has 0 bridgehead atoms. The normalized spacial score (nSPS) is 13.3. The maximum absolute atomic E-state index is 14.1. The molecule has 0 saturated carbocycles. The molecule has 1 heterocycles. The first-order valence-electron chi connectivity index (χ1n) is 8.69. The zero-order chi connectivity index (χ0) is 18.7. The zero-order valence-electron chi connectivity index (χ0n) is 14.9. The second kappa shape index (κ2) is 8.08. The van der Waals surface area contributed by atoms with Crippen molar-refractivity contribution >= 4 is 21.8 Å². The molecular weight excluding hydrogens is 401 g/mol. The smallest absolute Gasteiger partial charge is 0.257 e. The number of ether oxygens (including phenoxy) is 2. The van der Waals surface area contributed by atoms with Crippen molar-refractivity contribution in [2.45, 2.75) is 26.8 Å². The van der Waals surface area contributed by atoms with E-state index in [4.69, 9.17) is 9.47 Å².